The molecule has 34 heavy (non-hydrogen) atoms. The van der Waals surface area contributed by atoms with Crippen LogP contribution in [-0.4, -0.2) is 77.0 Å². The lowest BCUT2D eigenvalue weighted by molar-refractivity contribution is -0.137. The molecule has 174 valence electrons. The third-order valence-electron chi connectivity index (χ3n) is 6.97. The predicted octanol–water partition coefficient (Wildman–Crippen LogP) is 3.21. The number of rotatable bonds is 4. The molecular formula is C26H28N6O2. The highest BCUT2D eigenvalue weighted by Gasteiger charge is 2.36. The minimum Gasteiger partial charge on any atom is -0.441 e. The summed E-state index contributed by atoms with van der Waals surface area (Å²) in [6.07, 6.45) is 2.59. The summed E-state index contributed by atoms with van der Waals surface area (Å²) in [6, 6.07) is 12.2. The molecule has 2 aromatic heterocycles. The molecule has 8 heteroatoms. The zero-order valence-corrected chi connectivity index (χ0v) is 19.6. The van der Waals surface area contributed by atoms with E-state index in [-0.39, 0.29) is 11.8 Å². The molecule has 6 rings (SSSR count). The molecule has 0 spiro atoms. The first-order valence-corrected chi connectivity index (χ1v) is 12.0. The molecule has 2 aliphatic heterocycles. The van der Waals surface area contributed by atoms with Gasteiger partial charge in [0, 0.05) is 45.7 Å². The van der Waals surface area contributed by atoms with Crippen molar-refractivity contribution in [2.45, 2.75) is 13.3 Å². The van der Waals surface area contributed by atoms with Gasteiger partial charge in [-0.2, -0.15) is 0 Å². The standard InChI is InChI=1S/C26H28N6O2/c1-3-25-29-22-13-18(5-7-23(22)34-25)17-4-6-20-21(12-17)28-24(14-27-20)32-15-19(16-32)26(33)31-10-8-30(2)9-11-31/h4-7,12-14,19H,3,8-11,15-16H2,1-2H3. The monoisotopic (exact) mass is 456 g/mol. The second-order valence-corrected chi connectivity index (χ2v) is 9.31. The maximum absolute atomic E-state index is 12.8. The maximum atomic E-state index is 12.8. The summed E-state index contributed by atoms with van der Waals surface area (Å²) < 4.78 is 5.74. The molecule has 0 atom stereocenters. The van der Waals surface area contributed by atoms with Gasteiger partial charge >= 0.3 is 0 Å². The Labute approximate surface area is 198 Å². The Morgan fingerprint density at radius 1 is 0.971 bits per heavy atom. The van der Waals surface area contributed by atoms with Crippen molar-refractivity contribution in [2.24, 2.45) is 5.92 Å². The molecule has 0 unspecified atom stereocenters. The van der Waals surface area contributed by atoms with Crippen LogP contribution < -0.4 is 4.90 Å². The highest BCUT2D eigenvalue weighted by molar-refractivity contribution is 5.86. The minimum absolute atomic E-state index is 0.0504. The van der Waals surface area contributed by atoms with Gasteiger partial charge < -0.3 is 19.1 Å². The quantitative estimate of drug-likeness (QED) is 0.467. The van der Waals surface area contributed by atoms with E-state index in [2.05, 4.69) is 51.1 Å². The number of carbonyl (C=O) groups excluding carboxylic acids is 1. The van der Waals surface area contributed by atoms with Crippen LogP contribution in [0, 0.1) is 5.92 Å². The van der Waals surface area contributed by atoms with Gasteiger partial charge in [0.1, 0.15) is 11.3 Å². The van der Waals surface area contributed by atoms with Crippen molar-refractivity contribution in [1.82, 2.24) is 24.8 Å². The molecule has 2 aromatic carbocycles. The van der Waals surface area contributed by atoms with E-state index in [0.29, 0.717) is 13.1 Å². The fraction of sp³-hybridized carbons (Fsp3) is 0.385. The molecular weight excluding hydrogens is 428 g/mol. The van der Waals surface area contributed by atoms with Gasteiger partial charge in [0.2, 0.25) is 5.91 Å². The summed E-state index contributed by atoms with van der Waals surface area (Å²) in [5.41, 5.74) is 5.51. The lowest BCUT2D eigenvalue weighted by Crippen LogP contribution is -2.57. The Morgan fingerprint density at radius 3 is 2.47 bits per heavy atom. The first kappa shape index (κ1) is 21.0. The van der Waals surface area contributed by atoms with Gasteiger partial charge in [0.25, 0.3) is 0 Å². The molecule has 4 heterocycles. The molecule has 0 N–H and O–H groups in total. The first-order valence-electron chi connectivity index (χ1n) is 12.0. The van der Waals surface area contributed by atoms with Gasteiger partial charge in [0.05, 0.1) is 23.1 Å². The number of hydrogen-bond donors (Lipinski definition) is 0. The van der Waals surface area contributed by atoms with Crippen LogP contribution in [0.3, 0.4) is 0 Å². The Balaban J connectivity index is 1.20. The van der Waals surface area contributed by atoms with Crippen LogP contribution in [0.25, 0.3) is 33.3 Å². The van der Waals surface area contributed by atoms with Crippen molar-refractivity contribution in [2.75, 3.05) is 51.2 Å². The van der Waals surface area contributed by atoms with Crippen LogP contribution in [0.1, 0.15) is 12.8 Å². The summed E-state index contributed by atoms with van der Waals surface area (Å²) in [5, 5.41) is 0. The molecule has 2 saturated heterocycles. The van der Waals surface area contributed by atoms with Crippen LogP contribution in [0.15, 0.2) is 47.0 Å². The van der Waals surface area contributed by atoms with Crippen molar-refractivity contribution in [3.63, 3.8) is 0 Å². The third-order valence-corrected chi connectivity index (χ3v) is 6.97. The van der Waals surface area contributed by atoms with E-state index >= 15 is 0 Å². The Morgan fingerprint density at radius 2 is 1.71 bits per heavy atom. The zero-order valence-electron chi connectivity index (χ0n) is 19.6. The number of piperazine rings is 1. The molecule has 4 aromatic rings. The first-order chi connectivity index (χ1) is 16.6. The minimum atomic E-state index is 0.0504. The average Bonchev–Trinajstić information content (AvgIpc) is 3.25. The van der Waals surface area contributed by atoms with Crippen LogP contribution in [-0.2, 0) is 11.2 Å². The fourth-order valence-corrected chi connectivity index (χ4v) is 4.75. The van der Waals surface area contributed by atoms with E-state index in [1.807, 2.05) is 30.2 Å². The van der Waals surface area contributed by atoms with Crippen molar-refractivity contribution in [1.29, 1.82) is 0 Å². The van der Waals surface area contributed by atoms with E-state index < -0.39 is 0 Å². The second-order valence-electron chi connectivity index (χ2n) is 9.31. The summed E-state index contributed by atoms with van der Waals surface area (Å²) >= 11 is 0. The smallest absolute Gasteiger partial charge is 0.229 e. The molecule has 2 fully saturated rings. The van der Waals surface area contributed by atoms with Gasteiger partial charge in [-0.05, 0) is 42.4 Å². The summed E-state index contributed by atoms with van der Waals surface area (Å²) in [6.45, 7) is 6.98. The predicted molar refractivity (Wildman–Crippen MR) is 132 cm³/mol. The average molecular weight is 457 g/mol. The van der Waals surface area contributed by atoms with Crippen molar-refractivity contribution in [3.8, 4) is 11.1 Å². The zero-order chi connectivity index (χ0) is 23.2. The van der Waals surface area contributed by atoms with Gasteiger partial charge in [-0.1, -0.05) is 19.1 Å². The lowest BCUT2D eigenvalue weighted by Gasteiger charge is -2.42. The number of aromatic nitrogens is 3. The normalized spacial score (nSPS) is 17.5. The number of amides is 1. The Hall–Kier alpha value is -3.52. The number of likely N-dealkylation sites (N-methyl/N-ethyl adjacent to an activating group) is 1. The number of anilines is 1. The number of fused-ring (bicyclic) bond motifs is 2. The Kier molecular flexibility index (Phi) is 5.17. The summed E-state index contributed by atoms with van der Waals surface area (Å²) in [7, 11) is 2.10. The van der Waals surface area contributed by atoms with Crippen molar-refractivity contribution >= 4 is 33.9 Å². The number of carbonyl (C=O) groups is 1. The largest absolute Gasteiger partial charge is 0.441 e. The third kappa shape index (κ3) is 3.77. The lowest BCUT2D eigenvalue weighted by atomic mass is 9.98. The van der Waals surface area contributed by atoms with E-state index in [4.69, 9.17) is 9.40 Å². The SMILES string of the molecule is CCc1nc2cc(-c3ccc4ncc(N5CC(C(=O)N6CCN(C)CC6)C5)nc4c3)ccc2o1. The van der Waals surface area contributed by atoms with Crippen LogP contribution in [0.5, 0.6) is 0 Å². The molecule has 0 saturated carbocycles. The molecule has 0 aliphatic carbocycles. The van der Waals surface area contributed by atoms with Gasteiger partial charge in [0.15, 0.2) is 11.5 Å². The fourth-order valence-electron chi connectivity index (χ4n) is 4.75. The number of oxazole rings is 1. The van der Waals surface area contributed by atoms with Crippen LogP contribution >= 0.6 is 0 Å². The van der Waals surface area contributed by atoms with Gasteiger partial charge in [-0.15, -0.1) is 0 Å². The highest BCUT2D eigenvalue weighted by atomic mass is 16.3. The van der Waals surface area contributed by atoms with E-state index in [1.54, 1.807) is 0 Å². The van der Waals surface area contributed by atoms with E-state index in [1.165, 1.54) is 0 Å². The van der Waals surface area contributed by atoms with Crippen LogP contribution in [0.2, 0.25) is 0 Å². The van der Waals surface area contributed by atoms with Gasteiger partial charge in [-0.3, -0.25) is 9.78 Å². The van der Waals surface area contributed by atoms with Gasteiger partial charge in [-0.25, -0.2) is 9.97 Å². The van der Waals surface area contributed by atoms with E-state index in [9.17, 15) is 4.79 Å². The second kappa shape index (κ2) is 8.36. The summed E-state index contributed by atoms with van der Waals surface area (Å²) in [4.78, 5) is 33.3. The highest BCUT2D eigenvalue weighted by Crippen LogP contribution is 2.29. The topological polar surface area (TPSA) is 78.6 Å². The number of benzene rings is 2. The number of aryl methyl sites for hydroxylation is 1. The van der Waals surface area contributed by atoms with Crippen LogP contribution in [0.4, 0.5) is 5.82 Å². The molecule has 0 bridgehead atoms. The maximum Gasteiger partial charge on any atom is 0.229 e. The number of nitrogens with zero attached hydrogens (tertiary/aromatic N) is 6. The molecule has 0 radical (unpaired) electrons. The molecule has 2 aliphatic rings. The molecule has 8 nitrogen and oxygen atoms in total. The summed E-state index contributed by atoms with van der Waals surface area (Å²) in [5.74, 6) is 1.90. The Bertz CT molecular complexity index is 1370. The van der Waals surface area contributed by atoms with Crippen molar-refractivity contribution in [3.05, 3.63) is 48.5 Å². The van der Waals surface area contributed by atoms with E-state index in [0.717, 1.165) is 77.6 Å². The molecule has 1 amide bonds. The van der Waals surface area contributed by atoms with Crippen molar-refractivity contribution < 1.29 is 9.21 Å². The number of hydrogen-bond acceptors (Lipinski definition) is 7.